The maximum Gasteiger partial charge on any atom is 0.435 e. The van der Waals surface area contributed by atoms with Crippen molar-refractivity contribution in [2.45, 2.75) is 25.1 Å². The Balaban J connectivity index is 0.00000243. The lowest BCUT2D eigenvalue weighted by Crippen LogP contribution is -2.46. The first-order chi connectivity index (χ1) is 11.9. The molecule has 0 unspecified atom stereocenters. The molecule has 0 radical (unpaired) electrons. The molecule has 142 valence electrons. The smallest absolute Gasteiger partial charge is 0.347 e. The Morgan fingerprint density at radius 1 is 1.35 bits per heavy atom. The predicted octanol–water partition coefficient (Wildman–Crippen LogP) is 2.33. The van der Waals surface area contributed by atoms with E-state index in [0.29, 0.717) is 17.6 Å². The molecule has 0 aliphatic carbocycles. The van der Waals surface area contributed by atoms with Crippen molar-refractivity contribution in [3.05, 3.63) is 41.5 Å². The highest BCUT2D eigenvalue weighted by Crippen LogP contribution is 2.32. The minimum absolute atomic E-state index is 0. The van der Waals surface area contributed by atoms with Crippen LogP contribution in [-0.4, -0.2) is 40.0 Å². The number of carbonyl (C=O) groups is 1. The summed E-state index contributed by atoms with van der Waals surface area (Å²) in [4.78, 5) is 12.3. The zero-order valence-corrected chi connectivity index (χ0v) is 14.2. The Morgan fingerprint density at radius 3 is 2.73 bits per heavy atom. The van der Waals surface area contributed by atoms with Crippen molar-refractivity contribution >= 4 is 18.3 Å². The monoisotopic (exact) mass is 393 g/mol. The molecular weight excluding hydrogens is 378 g/mol. The van der Waals surface area contributed by atoms with E-state index in [-0.39, 0.29) is 24.1 Å². The molecule has 1 fully saturated rings. The van der Waals surface area contributed by atoms with Crippen molar-refractivity contribution in [3.8, 4) is 5.69 Å². The maximum atomic E-state index is 13.5. The van der Waals surface area contributed by atoms with Crippen LogP contribution < -0.4 is 10.6 Å². The molecule has 1 aromatic carbocycles. The van der Waals surface area contributed by atoms with Crippen LogP contribution in [0, 0.1) is 5.82 Å². The summed E-state index contributed by atoms with van der Waals surface area (Å²) in [7, 11) is 0. The van der Waals surface area contributed by atoms with Crippen molar-refractivity contribution in [1.82, 2.24) is 25.6 Å². The third-order valence-corrected chi connectivity index (χ3v) is 3.84. The molecule has 3 rings (SSSR count). The summed E-state index contributed by atoms with van der Waals surface area (Å²) < 4.78 is 54.2. The van der Waals surface area contributed by atoms with Gasteiger partial charge in [-0.3, -0.25) is 4.79 Å². The molecule has 6 nitrogen and oxygen atoms in total. The van der Waals surface area contributed by atoms with Crippen molar-refractivity contribution in [1.29, 1.82) is 0 Å². The minimum Gasteiger partial charge on any atom is -0.347 e. The van der Waals surface area contributed by atoms with Gasteiger partial charge in [0.1, 0.15) is 5.82 Å². The first-order valence-electron chi connectivity index (χ1n) is 7.66. The lowest BCUT2D eigenvalue weighted by molar-refractivity contribution is -0.143. The number of benzene rings is 1. The average molecular weight is 394 g/mol. The largest absolute Gasteiger partial charge is 0.435 e. The van der Waals surface area contributed by atoms with Gasteiger partial charge in [0.15, 0.2) is 11.4 Å². The number of hydrogen-bond acceptors (Lipinski definition) is 4. The minimum atomic E-state index is -4.88. The fourth-order valence-electron chi connectivity index (χ4n) is 2.71. The van der Waals surface area contributed by atoms with Gasteiger partial charge in [0, 0.05) is 12.6 Å². The van der Waals surface area contributed by atoms with E-state index in [1.165, 1.54) is 12.1 Å². The van der Waals surface area contributed by atoms with Crippen molar-refractivity contribution in [3.63, 3.8) is 0 Å². The van der Waals surface area contributed by atoms with E-state index in [1.807, 2.05) is 0 Å². The number of rotatable bonds is 3. The highest BCUT2D eigenvalue weighted by molar-refractivity contribution is 5.93. The normalized spacial score (nSPS) is 17.5. The summed E-state index contributed by atoms with van der Waals surface area (Å²) in [5.74, 6) is -1.68. The summed E-state index contributed by atoms with van der Waals surface area (Å²) in [5, 5.41) is 12.4. The maximum absolute atomic E-state index is 13.5. The number of nitrogens with one attached hydrogen (secondary N) is 2. The van der Waals surface area contributed by atoms with Gasteiger partial charge in [0.25, 0.3) is 5.91 Å². The van der Waals surface area contributed by atoms with E-state index in [1.54, 1.807) is 0 Å². The first kappa shape index (κ1) is 20.1. The lowest BCUT2D eigenvalue weighted by atomic mass is 10.1. The van der Waals surface area contributed by atoms with Crippen LogP contribution in [0.3, 0.4) is 0 Å². The number of aromatic nitrogens is 3. The van der Waals surface area contributed by atoms with Gasteiger partial charge in [-0.15, -0.1) is 17.5 Å². The summed E-state index contributed by atoms with van der Waals surface area (Å²) >= 11 is 0. The summed E-state index contributed by atoms with van der Waals surface area (Å²) in [6.07, 6.45) is -3.40. The molecule has 2 aromatic rings. The molecule has 1 atom stereocenters. The summed E-state index contributed by atoms with van der Waals surface area (Å²) in [5.41, 5.74) is -2.33. The number of amides is 1. The number of piperidine rings is 1. The Hall–Kier alpha value is -2.20. The Morgan fingerprint density at radius 2 is 2.12 bits per heavy atom. The second-order valence-corrected chi connectivity index (χ2v) is 5.69. The number of alkyl halides is 3. The topological polar surface area (TPSA) is 71.8 Å². The molecule has 0 bridgehead atoms. The third kappa shape index (κ3) is 4.31. The number of carbonyl (C=O) groups excluding carboxylic acids is 1. The van der Waals surface area contributed by atoms with Gasteiger partial charge in [-0.2, -0.15) is 13.2 Å². The second-order valence-electron chi connectivity index (χ2n) is 5.69. The van der Waals surface area contributed by atoms with Crippen molar-refractivity contribution in [2.75, 3.05) is 13.1 Å². The van der Waals surface area contributed by atoms with Crippen LogP contribution in [0.25, 0.3) is 5.69 Å². The molecule has 0 saturated carbocycles. The van der Waals surface area contributed by atoms with Crippen molar-refractivity contribution < 1.29 is 22.4 Å². The van der Waals surface area contributed by atoms with Gasteiger partial charge in [-0.25, -0.2) is 9.07 Å². The van der Waals surface area contributed by atoms with Crippen LogP contribution in [0.4, 0.5) is 17.6 Å². The molecule has 1 amide bonds. The molecule has 0 spiro atoms. The van der Waals surface area contributed by atoms with Crippen LogP contribution in [0.2, 0.25) is 0 Å². The molecular formula is C15H16ClF4N5O. The van der Waals surface area contributed by atoms with Gasteiger partial charge in [-0.05, 0) is 37.6 Å². The summed E-state index contributed by atoms with van der Waals surface area (Å²) in [6.45, 7) is 1.28. The average Bonchev–Trinajstić information content (AvgIpc) is 3.01. The van der Waals surface area contributed by atoms with Gasteiger partial charge < -0.3 is 10.6 Å². The summed E-state index contributed by atoms with van der Waals surface area (Å²) in [6, 6.07) is 4.20. The van der Waals surface area contributed by atoms with E-state index in [9.17, 15) is 22.4 Å². The Bertz CT molecular complexity index is 774. The van der Waals surface area contributed by atoms with Crippen molar-refractivity contribution in [2.24, 2.45) is 0 Å². The van der Waals surface area contributed by atoms with E-state index >= 15 is 0 Å². The molecule has 1 aliphatic heterocycles. The van der Waals surface area contributed by atoms with Crippen LogP contribution >= 0.6 is 12.4 Å². The highest BCUT2D eigenvalue weighted by Gasteiger charge is 2.42. The predicted molar refractivity (Wildman–Crippen MR) is 86.9 cm³/mol. The van der Waals surface area contributed by atoms with E-state index in [4.69, 9.17) is 0 Å². The molecule has 2 heterocycles. The quantitative estimate of drug-likeness (QED) is 0.785. The fourth-order valence-corrected chi connectivity index (χ4v) is 2.71. The Kier molecular flexibility index (Phi) is 6.19. The van der Waals surface area contributed by atoms with Gasteiger partial charge >= 0.3 is 6.18 Å². The molecule has 11 heteroatoms. The standard InChI is InChI=1S/C15H15F4N5O.ClH/c16-9-3-1-5-11(7-9)24-13(15(17,18)19)12(22-23-24)14(25)21-10-4-2-6-20-8-10;/h1,3,5,7,10,20H,2,4,6,8H2,(H,21,25);1H/t10-;/m0./s1. The molecule has 1 aromatic heterocycles. The van der Waals surface area contributed by atoms with Crippen LogP contribution in [0.5, 0.6) is 0 Å². The lowest BCUT2D eigenvalue weighted by Gasteiger charge is -2.23. The fraction of sp³-hybridized carbons (Fsp3) is 0.400. The first-order valence-corrected chi connectivity index (χ1v) is 7.66. The number of hydrogen-bond donors (Lipinski definition) is 2. The zero-order valence-electron chi connectivity index (χ0n) is 13.4. The Labute approximate surface area is 152 Å². The molecule has 1 aliphatic rings. The van der Waals surface area contributed by atoms with Crippen LogP contribution in [0.1, 0.15) is 29.0 Å². The number of halogens is 5. The van der Waals surface area contributed by atoms with E-state index < -0.39 is 29.3 Å². The van der Waals surface area contributed by atoms with Crippen LogP contribution in [0.15, 0.2) is 24.3 Å². The molecule has 26 heavy (non-hydrogen) atoms. The van der Waals surface area contributed by atoms with Gasteiger partial charge in [0.05, 0.1) is 5.69 Å². The molecule has 1 saturated heterocycles. The third-order valence-electron chi connectivity index (χ3n) is 3.84. The van der Waals surface area contributed by atoms with Gasteiger partial charge in [-0.1, -0.05) is 11.3 Å². The highest BCUT2D eigenvalue weighted by atomic mass is 35.5. The van der Waals surface area contributed by atoms with E-state index in [2.05, 4.69) is 20.9 Å². The van der Waals surface area contributed by atoms with E-state index in [0.717, 1.165) is 25.1 Å². The zero-order chi connectivity index (χ0) is 18.0. The van der Waals surface area contributed by atoms with Crippen LogP contribution in [-0.2, 0) is 6.18 Å². The van der Waals surface area contributed by atoms with Gasteiger partial charge in [0.2, 0.25) is 0 Å². The molecule has 2 N–H and O–H groups in total. The SMILES string of the molecule is Cl.O=C(N[C@H]1CCCNC1)c1nnn(-c2cccc(F)c2)c1C(F)(F)F. The number of nitrogens with zero attached hydrogens (tertiary/aromatic N) is 3. The second kappa shape index (κ2) is 8.00.